The van der Waals surface area contributed by atoms with Crippen LogP contribution in [0.25, 0.3) is 0 Å². The summed E-state index contributed by atoms with van der Waals surface area (Å²) in [7, 11) is 1.40. The van der Waals surface area contributed by atoms with Crippen LogP contribution in [-0.4, -0.2) is 32.3 Å². The van der Waals surface area contributed by atoms with Gasteiger partial charge in [-0.3, -0.25) is 0 Å². The molecule has 1 aliphatic heterocycles. The van der Waals surface area contributed by atoms with E-state index in [0.29, 0.717) is 17.5 Å². The monoisotopic (exact) mass is 263 g/mol. The van der Waals surface area contributed by atoms with Crippen LogP contribution in [0.4, 0.5) is 5.69 Å². The molecular formula is C15H21NO3. The van der Waals surface area contributed by atoms with Gasteiger partial charge in [0.15, 0.2) is 0 Å². The van der Waals surface area contributed by atoms with Gasteiger partial charge in [-0.2, -0.15) is 0 Å². The van der Waals surface area contributed by atoms with Crippen LogP contribution in [0.5, 0.6) is 0 Å². The Morgan fingerprint density at radius 2 is 2.32 bits per heavy atom. The number of carbonyl (C=O) groups is 1. The van der Waals surface area contributed by atoms with E-state index in [9.17, 15) is 4.79 Å². The van der Waals surface area contributed by atoms with E-state index in [4.69, 9.17) is 9.47 Å². The molecule has 1 aromatic carbocycles. The summed E-state index contributed by atoms with van der Waals surface area (Å²) in [6.07, 6.45) is 1.09. The minimum absolute atomic E-state index is 0.294. The van der Waals surface area contributed by atoms with E-state index in [1.54, 1.807) is 6.07 Å². The molecule has 1 N–H and O–H groups in total. The van der Waals surface area contributed by atoms with E-state index in [1.807, 2.05) is 19.1 Å². The molecule has 0 aromatic heterocycles. The number of esters is 1. The molecule has 0 radical (unpaired) electrons. The van der Waals surface area contributed by atoms with Crippen LogP contribution in [0.15, 0.2) is 18.2 Å². The van der Waals surface area contributed by atoms with Crippen molar-refractivity contribution in [2.45, 2.75) is 26.3 Å². The zero-order valence-corrected chi connectivity index (χ0v) is 11.7. The van der Waals surface area contributed by atoms with Crippen molar-refractivity contribution < 1.29 is 14.3 Å². The summed E-state index contributed by atoms with van der Waals surface area (Å²) in [5.41, 5.74) is 2.53. The van der Waals surface area contributed by atoms with Crippen LogP contribution < -0.4 is 5.32 Å². The molecule has 2 rings (SSSR count). The number of anilines is 1. The molecule has 2 unspecified atom stereocenters. The highest BCUT2D eigenvalue weighted by atomic mass is 16.5. The van der Waals surface area contributed by atoms with Gasteiger partial charge < -0.3 is 14.8 Å². The number of ether oxygens (including phenoxy) is 2. The van der Waals surface area contributed by atoms with Gasteiger partial charge in [0, 0.05) is 24.3 Å². The highest BCUT2D eigenvalue weighted by molar-refractivity contribution is 5.92. The predicted molar refractivity (Wildman–Crippen MR) is 74.5 cm³/mol. The molecule has 1 aliphatic rings. The molecule has 0 aliphatic carbocycles. The summed E-state index contributed by atoms with van der Waals surface area (Å²) >= 11 is 0. The van der Waals surface area contributed by atoms with Crippen molar-refractivity contribution in [1.82, 2.24) is 0 Å². The first-order chi connectivity index (χ1) is 9.13. The third kappa shape index (κ3) is 3.07. The second kappa shape index (κ2) is 6.06. The summed E-state index contributed by atoms with van der Waals surface area (Å²) in [6.45, 7) is 5.75. The van der Waals surface area contributed by atoms with Crippen LogP contribution in [0.3, 0.4) is 0 Å². The van der Waals surface area contributed by atoms with E-state index in [0.717, 1.165) is 30.9 Å². The highest BCUT2D eigenvalue weighted by Crippen LogP contribution is 2.24. The molecule has 4 heteroatoms. The summed E-state index contributed by atoms with van der Waals surface area (Å²) in [4.78, 5) is 11.7. The van der Waals surface area contributed by atoms with Crippen molar-refractivity contribution in [1.29, 1.82) is 0 Å². The highest BCUT2D eigenvalue weighted by Gasteiger charge is 2.23. The summed E-state index contributed by atoms with van der Waals surface area (Å²) in [6, 6.07) is 5.98. The first kappa shape index (κ1) is 13.9. The van der Waals surface area contributed by atoms with E-state index < -0.39 is 0 Å². The average Bonchev–Trinajstić information content (AvgIpc) is 2.94. The second-order valence-electron chi connectivity index (χ2n) is 5.03. The number of hydrogen-bond acceptors (Lipinski definition) is 4. The van der Waals surface area contributed by atoms with Gasteiger partial charge in [0.2, 0.25) is 0 Å². The molecular weight excluding hydrogens is 242 g/mol. The molecule has 1 heterocycles. The topological polar surface area (TPSA) is 47.6 Å². The van der Waals surface area contributed by atoms with Gasteiger partial charge in [0.05, 0.1) is 19.3 Å². The fourth-order valence-electron chi connectivity index (χ4n) is 2.43. The molecule has 1 aromatic rings. The van der Waals surface area contributed by atoms with Crippen LogP contribution in [-0.2, 0) is 9.47 Å². The summed E-state index contributed by atoms with van der Waals surface area (Å²) in [5, 5.41) is 3.48. The SMILES string of the molecule is COC(=O)c1cccc(NC(C)C2CCOC2)c1C. The second-order valence-corrected chi connectivity index (χ2v) is 5.03. The molecule has 1 saturated heterocycles. The maximum absolute atomic E-state index is 11.7. The van der Waals surface area contributed by atoms with Gasteiger partial charge >= 0.3 is 5.97 Å². The molecule has 0 amide bonds. The standard InChI is InChI=1S/C15H21NO3/c1-10-13(15(17)18-3)5-4-6-14(10)16-11(2)12-7-8-19-9-12/h4-6,11-12,16H,7-9H2,1-3H3. The average molecular weight is 263 g/mol. The largest absolute Gasteiger partial charge is 0.465 e. The molecule has 2 atom stereocenters. The Bertz CT molecular complexity index is 453. The molecule has 104 valence electrons. The van der Waals surface area contributed by atoms with E-state index in [-0.39, 0.29) is 5.97 Å². The molecule has 0 saturated carbocycles. The van der Waals surface area contributed by atoms with Gasteiger partial charge in [0.25, 0.3) is 0 Å². The molecule has 19 heavy (non-hydrogen) atoms. The smallest absolute Gasteiger partial charge is 0.338 e. The lowest BCUT2D eigenvalue weighted by Crippen LogP contribution is -2.26. The van der Waals surface area contributed by atoms with Gasteiger partial charge in [-0.15, -0.1) is 0 Å². The van der Waals surface area contributed by atoms with Gasteiger partial charge in [-0.25, -0.2) is 4.79 Å². The number of hydrogen-bond donors (Lipinski definition) is 1. The fourth-order valence-corrected chi connectivity index (χ4v) is 2.43. The van der Waals surface area contributed by atoms with Crippen LogP contribution in [0.2, 0.25) is 0 Å². The Morgan fingerprint density at radius 1 is 1.53 bits per heavy atom. The van der Waals surface area contributed by atoms with Crippen molar-refractivity contribution in [2.24, 2.45) is 5.92 Å². The van der Waals surface area contributed by atoms with Crippen molar-refractivity contribution in [2.75, 3.05) is 25.6 Å². The van der Waals surface area contributed by atoms with Gasteiger partial charge in [-0.05, 0) is 38.0 Å². The zero-order chi connectivity index (χ0) is 13.8. The van der Waals surface area contributed by atoms with Crippen molar-refractivity contribution in [3.63, 3.8) is 0 Å². The number of nitrogens with one attached hydrogen (secondary N) is 1. The Hall–Kier alpha value is -1.55. The Balaban J connectivity index is 2.13. The lowest BCUT2D eigenvalue weighted by atomic mass is 9.99. The van der Waals surface area contributed by atoms with E-state index in [1.165, 1.54) is 7.11 Å². The minimum atomic E-state index is -0.294. The molecule has 0 bridgehead atoms. The van der Waals surface area contributed by atoms with Crippen LogP contribution in [0, 0.1) is 12.8 Å². The molecule has 0 spiro atoms. The van der Waals surface area contributed by atoms with Crippen molar-refractivity contribution in [3.8, 4) is 0 Å². The van der Waals surface area contributed by atoms with Crippen LogP contribution in [0.1, 0.15) is 29.3 Å². The Labute approximate surface area is 114 Å². The predicted octanol–water partition coefficient (Wildman–Crippen LogP) is 2.62. The van der Waals surface area contributed by atoms with Crippen LogP contribution >= 0.6 is 0 Å². The van der Waals surface area contributed by atoms with E-state index in [2.05, 4.69) is 12.2 Å². The van der Waals surface area contributed by atoms with Crippen molar-refractivity contribution in [3.05, 3.63) is 29.3 Å². The maximum Gasteiger partial charge on any atom is 0.338 e. The fraction of sp³-hybridized carbons (Fsp3) is 0.533. The Kier molecular flexibility index (Phi) is 4.43. The first-order valence-electron chi connectivity index (χ1n) is 6.65. The third-order valence-electron chi connectivity index (χ3n) is 3.79. The maximum atomic E-state index is 11.7. The quantitative estimate of drug-likeness (QED) is 0.848. The summed E-state index contributed by atoms with van der Waals surface area (Å²) < 4.78 is 10.2. The number of carbonyl (C=O) groups excluding carboxylic acids is 1. The number of benzene rings is 1. The minimum Gasteiger partial charge on any atom is -0.465 e. The van der Waals surface area contributed by atoms with Gasteiger partial charge in [0.1, 0.15) is 0 Å². The number of methoxy groups -OCH3 is 1. The Morgan fingerprint density at radius 3 is 2.95 bits per heavy atom. The normalized spacial score (nSPS) is 20.1. The third-order valence-corrected chi connectivity index (χ3v) is 3.79. The summed E-state index contributed by atoms with van der Waals surface area (Å²) in [5.74, 6) is 0.235. The first-order valence-corrected chi connectivity index (χ1v) is 6.65. The molecule has 4 nitrogen and oxygen atoms in total. The molecule has 1 fully saturated rings. The van der Waals surface area contributed by atoms with E-state index >= 15 is 0 Å². The zero-order valence-electron chi connectivity index (χ0n) is 11.7. The number of rotatable bonds is 4. The van der Waals surface area contributed by atoms with Crippen molar-refractivity contribution >= 4 is 11.7 Å². The lowest BCUT2D eigenvalue weighted by Gasteiger charge is -2.22. The lowest BCUT2D eigenvalue weighted by molar-refractivity contribution is 0.0600. The van der Waals surface area contributed by atoms with Gasteiger partial charge in [-0.1, -0.05) is 6.07 Å².